The van der Waals surface area contributed by atoms with E-state index in [1.165, 1.54) is 0 Å². The van der Waals surface area contributed by atoms with Gasteiger partial charge in [0.1, 0.15) is 12.9 Å². The molecule has 0 radical (unpaired) electrons. The summed E-state index contributed by atoms with van der Waals surface area (Å²) in [6.45, 7) is 0.361. The van der Waals surface area contributed by atoms with Crippen molar-refractivity contribution in [3.63, 3.8) is 0 Å². The summed E-state index contributed by atoms with van der Waals surface area (Å²) >= 11 is 0. The topological polar surface area (TPSA) is 93.2 Å². The number of nitrogens with one attached hydrogen (secondary N) is 2. The molecule has 7 heteroatoms. The number of aliphatic imine (C=N–C) groups is 1. The summed E-state index contributed by atoms with van der Waals surface area (Å²) in [7, 11) is 1.81. The van der Waals surface area contributed by atoms with Gasteiger partial charge in [0.25, 0.3) is 0 Å². The minimum atomic E-state index is 0.361. The highest BCUT2D eigenvalue weighted by Crippen LogP contribution is 2.04. The highest BCUT2D eigenvalue weighted by molar-refractivity contribution is 5.93. The highest BCUT2D eigenvalue weighted by Gasteiger charge is 2.00. The van der Waals surface area contributed by atoms with Gasteiger partial charge in [-0.05, 0) is 12.1 Å². The molecule has 2 rings (SSSR count). The van der Waals surface area contributed by atoms with Crippen molar-refractivity contribution in [2.24, 2.45) is 17.9 Å². The summed E-state index contributed by atoms with van der Waals surface area (Å²) in [5, 5.41) is 7.18. The van der Waals surface area contributed by atoms with E-state index in [4.69, 9.17) is 5.84 Å². The molecule has 2 aromatic rings. The first-order chi connectivity index (χ1) is 8.78. The molecule has 1 heterocycles. The first-order valence-electron chi connectivity index (χ1n) is 5.45. The molecule has 0 spiro atoms. The maximum atomic E-state index is 5.40. The zero-order valence-corrected chi connectivity index (χ0v) is 10.0. The van der Waals surface area contributed by atoms with Gasteiger partial charge in [-0.2, -0.15) is 5.10 Å². The van der Waals surface area contributed by atoms with Gasteiger partial charge in [-0.1, -0.05) is 18.2 Å². The van der Waals surface area contributed by atoms with Gasteiger partial charge in [0.05, 0.1) is 0 Å². The number of hydrogen-bond donors (Lipinski definition) is 3. The Morgan fingerprint density at radius 3 is 2.78 bits per heavy atom. The third-order valence-electron chi connectivity index (χ3n) is 2.20. The van der Waals surface area contributed by atoms with Gasteiger partial charge in [-0.3, -0.25) is 10.1 Å². The van der Waals surface area contributed by atoms with Crippen LogP contribution in [0.2, 0.25) is 0 Å². The van der Waals surface area contributed by atoms with Crippen LogP contribution in [0, 0.1) is 0 Å². The standard InChI is InChI=1S/C11H15N7/c1-18-8-14-10(17-18)7-13-11(16-12)15-9-5-3-2-4-6-9/h2-6,8H,7,12H2,1H3,(H2,13,15,16). The van der Waals surface area contributed by atoms with E-state index < -0.39 is 0 Å². The molecule has 7 nitrogen and oxygen atoms in total. The predicted molar refractivity (Wildman–Crippen MR) is 69.5 cm³/mol. The number of nitrogens with zero attached hydrogens (tertiary/aromatic N) is 4. The number of guanidine groups is 1. The minimum absolute atomic E-state index is 0.361. The Morgan fingerprint density at radius 2 is 2.17 bits per heavy atom. The fourth-order valence-corrected chi connectivity index (χ4v) is 1.39. The second-order valence-corrected chi connectivity index (χ2v) is 3.63. The van der Waals surface area contributed by atoms with Crippen molar-refractivity contribution in [3.05, 3.63) is 42.5 Å². The quantitative estimate of drug-likeness (QED) is 0.312. The molecule has 0 atom stereocenters. The highest BCUT2D eigenvalue weighted by atomic mass is 15.3. The molecular formula is C11H15N7. The van der Waals surface area contributed by atoms with E-state index in [1.54, 1.807) is 11.0 Å². The molecule has 0 amide bonds. The molecule has 1 aromatic heterocycles. The molecule has 0 fully saturated rings. The number of aromatic nitrogens is 3. The molecule has 0 bridgehead atoms. The van der Waals surface area contributed by atoms with Gasteiger partial charge in [0, 0.05) is 12.7 Å². The van der Waals surface area contributed by atoms with Gasteiger partial charge in [0.15, 0.2) is 5.82 Å². The molecule has 0 aliphatic heterocycles. The predicted octanol–water partition coefficient (Wildman–Crippen LogP) is 0.246. The molecule has 1 aromatic carbocycles. The Kier molecular flexibility index (Phi) is 3.87. The normalized spacial score (nSPS) is 11.3. The van der Waals surface area contributed by atoms with E-state index in [1.807, 2.05) is 37.4 Å². The number of para-hydroxylation sites is 1. The summed E-state index contributed by atoms with van der Waals surface area (Å²) in [6, 6.07) is 9.64. The fraction of sp³-hybridized carbons (Fsp3) is 0.182. The van der Waals surface area contributed by atoms with Crippen LogP contribution in [0.3, 0.4) is 0 Å². The largest absolute Gasteiger partial charge is 0.325 e. The van der Waals surface area contributed by atoms with Crippen LogP contribution in [-0.4, -0.2) is 20.7 Å². The van der Waals surface area contributed by atoms with Crippen LogP contribution < -0.4 is 16.6 Å². The number of aryl methyl sites for hydroxylation is 1. The Labute approximate surface area is 105 Å². The Morgan fingerprint density at radius 1 is 1.39 bits per heavy atom. The molecule has 4 N–H and O–H groups in total. The van der Waals surface area contributed by atoms with E-state index in [0.29, 0.717) is 18.3 Å². The minimum Gasteiger partial charge on any atom is -0.325 e. The summed E-state index contributed by atoms with van der Waals surface area (Å²) in [5.41, 5.74) is 3.41. The van der Waals surface area contributed by atoms with Crippen molar-refractivity contribution < 1.29 is 0 Å². The molecule has 0 aliphatic carbocycles. The zero-order chi connectivity index (χ0) is 12.8. The molecule has 94 valence electrons. The SMILES string of the molecule is Cn1cnc(CN=C(NN)Nc2ccccc2)n1. The van der Waals surface area contributed by atoms with Gasteiger partial charge in [-0.15, -0.1) is 0 Å². The van der Waals surface area contributed by atoms with Crippen molar-refractivity contribution >= 4 is 11.6 Å². The van der Waals surface area contributed by atoms with Gasteiger partial charge in [-0.25, -0.2) is 15.8 Å². The first-order valence-corrected chi connectivity index (χ1v) is 5.45. The van der Waals surface area contributed by atoms with Crippen molar-refractivity contribution in [1.29, 1.82) is 0 Å². The Balaban J connectivity index is 2.00. The fourth-order valence-electron chi connectivity index (χ4n) is 1.39. The summed E-state index contributed by atoms with van der Waals surface area (Å²) in [4.78, 5) is 8.33. The summed E-state index contributed by atoms with van der Waals surface area (Å²) < 4.78 is 1.63. The van der Waals surface area contributed by atoms with Crippen LogP contribution in [0.15, 0.2) is 41.7 Å². The lowest BCUT2D eigenvalue weighted by Crippen LogP contribution is -2.36. The summed E-state index contributed by atoms with van der Waals surface area (Å²) in [6.07, 6.45) is 1.63. The van der Waals surface area contributed by atoms with Crippen LogP contribution >= 0.6 is 0 Å². The third kappa shape index (κ3) is 3.29. The van der Waals surface area contributed by atoms with Crippen LogP contribution in [-0.2, 0) is 13.6 Å². The number of anilines is 1. The van der Waals surface area contributed by atoms with Crippen LogP contribution in [0.4, 0.5) is 5.69 Å². The van der Waals surface area contributed by atoms with E-state index >= 15 is 0 Å². The van der Waals surface area contributed by atoms with Gasteiger partial charge >= 0.3 is 0 Å². The van der Waals surface area contributed by atoms with Crippen LogP contribution in [0.1, 0.15) is 5.82 Å². The number of benzene rings is 1. The Bertz CT molecular complexity index is 517. The lowest BCUT2D eigenvalue weighted by Gasteiger charge is -2.08. The monoisotopic (exact) mass is 245 g/mol. The first kappa shape index (κ1) is 12.1. The molecule has 0 saturated heterocycles. The number of rotatable bonds is 3. The lowest BCUT2D eigenvalue weighted by atomic mass is 10.3. The van der Waals surface area contributed by atoms with Crippen molar-refractivity contribution in [2.45, 2.75) is 6.54 Å². The zero-order valence-electron chi connectivity index (χ0n) is 10.0. The number of hydrogen-bond acceptors (Lipinski definition) is 4. The lowest BCUT2D eigenvalue weighted by molar-refractivity contribution is 0.742. The summed E-state index contributed by atoms with van der Waals surface area (Å²) in [5.74, 6) is 6.51. The maximum absolute atomic E-state index is 5.40. The molecule has 18 heavy (non-hydrogen) atoms. The smallest absolute Gasteiger partial charge is 0.210 e. The van der Waals surface area contributed by atoms with Gasteiger partial charge in [0.2, 0.25) is 5.96 Å². The maximum Gasteiger partial charge on any atom is 0.210 e. The van der Waals surface area contributed by atoms with Crippen molar-refractivity contribution in [1.82, 2.24) is 20.2 Å². The third-order valence-corrected chi connectivity index (χ3v) is 2.20. The second kappa shape index (κ2) is 5.78. The molecule has 0 unspecified atom stereocenters. The molecular weight excluding hydrogens is 230 g/mol. The van der Waals surface area contributed by atoms with E-state index in [0.717, 1.165) is 5.69 Å². The van der Waals surface area contributed by atoms with Crippen molar-refractivity contribution in [3.8, 4) is 0 Å². The van der Waals surface area contributed by atoms with Crippen LogP contribution in [0.5, 0.6) is 0 Å². The molecule has 0 saturated carbocycles. The van der Waals surface area contributed by atoms with Crippen LogP contribution in [0.25, 0.3) is 0 Å². The van der Waals surface area contributed by atoms with E-state index in [-0.39, 0.29) is 0 Å². The molecule has 0 aliphatic rings. The Hall–Kier alpha value is -2.41. The average Bonchev–Trinajstić information content (AvgIpc) is 2.81. The average molecular weight is 245 g/mol. The second-order valence-electron chi connectivity index (χ2n) is 3.63. The number of hydrazine groups is 1. The van der Waals surface area contributed by atoms with E-state index in [2.05, 4.69) is 25.8 Å². The van der Waals surface area contributed by atoms with Gasteiger partial charge < -0.3 is 5.32 Å². The number of nitrogens with two attached hydrogens (primary N) is 1. The van der Waals surface area contributed by atoms with E-state index in [9.17, 15) is 0 Å². The van der Waals surface area contributed by atoms with Crippen molar-refractivity contribution in [2.75, 3.05) is 5.32 Å².